The number of carbonyl (C=O) groups is 2. The van der Waals surface area contributed by atoms with Crippen molar-refractivity contribution in [3.63, 3.8) is 0 Å². The van der Waals surface area contributed by atoms with Crippen LogP contribution in [0.1, 0.15) is 15.2 Å². The highest BCUT2D eigenvalue weighted by atomic mass is 32.1. The largest absolute Gasteiger partial charge is 0.496 e. The molecule has 0 atom stereocenters. The Morgan fingerprint density at radius 3 is 2.60 bits per heavy atom. The monoisotopic (exact) mass is 558 g/mol. The fraction of sp³-hybridized carbons (Fsp3) is 0.214. The average Bonchev–Trinajstić information content (AvgIpc) is 3.27. The maximum Gasteiger partial charge on any atom is 0.263 e. The van der Waals surface area contributed by atoms with Crippen LogP contribution in [-0.2, 0) is 4.79 Å². The Bertz CT molecular complexity index is 1640. The molecule has 0 unspecified atom stereocenters. The number of carbonyl (C=O) groups excluding carboxylic acids is 2. The second-order valence-corrected chi connectivity index (χ2v) is 10.2. The minimum atomic E-state index is -0.322. The fourth-order valence-corrected chi connectivity index (χ4v) is 5.31. The zero-order chi connectivity index (χ0) is 29.0. The van der Waals surface area contributed by atoms with Gasteiger partial charge in [-0.25, -0.2) is 4.98 Å². The van der Waals surface area contributed by atoms with Gasteiger partial charge in [0.2, 0.25) is 5.91 Å². The minimum absolute atomic E-state index is 0.0367. The van der Waals surface area contributed by atoms with Gasteiger partial charge in [0.05, 0.1) is 19.3 Å². The van der Waals surface area contributed by atoms with Crippen molar-refractivity contribution < 1.29 is 14.3 Å². The number of ether oxygens (including phenoxy) is 1. The van der Waals surface area contributed by atoms with Crippen LogP contribution < -0.4 is 32.6 Å². The molecule has 206 valence electrons. The third-order valence-electron chi connectivity index (χ3n) is 6.20. The lowest BCUT2D eigenvalue weighted by Crippen LogP contribution is -2.31. The minimum Gasteiger partial charge on any atom is -0.496 e. The van der Waals surface area contributed by atoms with Gasteiger partial charge in [0.15, 0.2) is 0 Å². The van der Waals surface area contributed by atoms with Gasteiger partial charge in [0, 0.05) is 35.3 Å². The number of methoxy groups -OCH3 is 1. The number of rotatable bonds is 9. The Kier molecular flexibility index (Phi) is 8.49. The van der Waals surface area contributed by atoms with E-state index in [1.807, 2.05) is 31.1 Å². The van der Waals surface area contributed by atoms with Crippen LogP contribution in [0.5, 0.6) is 5.75 Å². The van der Waals surface area contributed by atoms with Gasteiger partial charge in [-0.3, -0.25) is 9.59 Å². The van der Waals surface area contributed by atoms with E-state index in [1.165, 1.54) is 0 Å². The number of hydrogen-bond acceptors (Lipinski definition) is 10. The van der Waals surface area contributed by atoms with Crippen LogP contribution in [0.3, 0.4) is 0 Å². The van der Waals surface area contributed by atoms with Crippen molar-refractivity contribution in [1.29, 1.82) is 5.26 Å². The number of nitrogens with one attached hydrogen (secondary N) is 2. The summed E-state index contributed by atoms with van der Waals surface area (Å²) >= 11 is 1.12. The smallest absolute Gasteiger partial charge is 0.263 e. The molecule has 4 aromatic rings. The Hall–Kier alpha value is -4.70. The van der Waals surface area contributed by atoms with Crippen LogP contribution >= 0.6 is 11.3 Å². The van der Waals surface area contributed by atoms with Crippen molar-refractivity contribution in [3.8, 4) is 34.1 Å². The summed E-state index contributed by atoms with van der Waals surface area (Å²) in [4.78, 5) is 31.9. The zero-order valence-electron chi connectivity index (χ0n) is 22.4. The van der Waals surface area contributed by atoms with Gasteiger partial charge >= 0.3 is 0 Å². The number of nitriles is 1. The molecule has 40 heavy (non-hydrogen) atoms. The Labute approximate surface area is 235 Å². The molecule has 0 saturated carbocycles. The van der Waals surface area contributed by atoms with Crippen LogP contribution in [0.25, 0.3) is 32.5 Å². The first-order valence-corrected chi connectivity index (χ1v) is 13.1. The third kappa shape index (κ3) is 5.67. The lowest BCUT2D eigenvalue weighted by atomic mass is 9.93. The SMILES string of the molecule is COc1ccc(-c2c(C#N)c(N)nc3sc(C(=O)NCCN(C)C)c(N)c23)cc1-c1cccc(NC(=O)CN)c1. The topological polar surface area (TPSA) is 185 Å². The van der Waals surface area contributed by atoms with E-state index in [0.29, 0.717) is 56.3 Å². The number of thiophene rings is 1. The van der Waals surface area contributed by atoms with E-state index in [1.54, 1.807) is 37.4 Å². The summed E-state index contributed by atoms with van der Waals surface area (Å²) in [5, 5.41) is 16.2. The molecule has 0 aliphatic rings. The van der Waals surface area contributed by atoms with E-state index < -0.39 is 0 Å². The van der Waals surface area contributed by atoms with Crippen molar-refractivity contribution >= 4 is 50.6 Å². The molecule has 0 bridgehead atoms. The average molecular weight is 559 g/mol. The van der Waals surface area contributed by atoms with E-state index in [4.69, 9.17) is 21.9 Å². The van der Waals surface area contributed by atoms with Crippen LogP contribution in [-0.4, -0.2) is 62.5 Å². The number of aromatic nitrogens is 1. The van der Waals surface area contributed by atoms with Crippen LogP contribution in [0.2, 0.25) is 0 Å². The standard InChI is InChI=1S/C28H30N8O3S/c1-36(2)10-9-33-27(38)25-24(31)23-22(19(13-29)26(32)35-28(23)40-25)16-7-8-20(39-3)18(12-16)15-5-4-6-17(11-15)34-21(37)14-30/h4-8,11-12H,9-10,14,30-31H2,1-3H3,(H2,32,35)(H,33,38)(H,34,37). The molecule has 12 heteroatoms. The molecule has 2 aromatic heterocycles. The van der Waals surface area contributed by atoms with Gasteiger partial charge in [-0.05, 0) is 49.5 Å². The molecule has 11 nitrogen and oxygen atoms in total. The van der Waals surface area contributed by atoms with E-state index in [-0.39, 0.29) is 35.4 Å². The summed E-state index contributed by atoms with van der Waals surface area (Å²) in [5.74, 6) is -0.0328. The first kappa shape index (κ1) is 28.3. The number of fused-ring (bicyclic) bond motifs is 1. The van der Waals surface area contributed by atoms with Gasteiger partial charge in [0.1, 0.15) is 32.9 Å². The molecule has 0 aliphatic heterocycles. The molecule has 2 amide bonds. The van der Waals surface area contributed by atoms with Gasteiger partial charge in [-0.15, -0.1) is 11.3 Å². The second kappa shape index (κ2) is 12.0. The number of benzene rings is 2. The number of nitrogens with zero attached hydrogens (tertiary/aromatic N) is 3. The second-order valence-electron chi connectivity index (χ2n) is 9.19. The Balaban J connectivity index is 1.88. The zero-order valence-corrected chi connectivity index (χ0v) is 23.2. The van der Waals surface area contributed by atoms with Crippen molar-refractivity contribution in [2.75, 3.05) is 57.6 Å². The summed E-state index contributed by atoms with van der Waals surface area (Å²) in [7, 11) is 5.38. The van der Waals surface area contributed by atoms with E-state index >= 15 is 0 Å². The third-order valence-corrected chi connectivity index (χ3v) is 7.30. The number of nitrogen functional groups attached to an aromatic ring is 2. The normalized spacial score (nSPS) is 10.9. The van der Waals surface area contributed by atoms with Crippen LogP contribution in [0, 0.1) is 11.3 Å². The Morgan fingerprint density at radius 2 is 1.93 bits per heavy atom. The molecule has 2 aromatic carbocycles. The summed E-state index contributed by atoms with van der Waals surface area (Å²) in [5.41, 5.74) is 21.7. The van der Waals surface area contributed by atoms with Gasteiger partial charge in [-0.1, -0.05) is 18.2 Å². The van der Waals surface area contributed by atoms with E-state index in [2.05, 4.69) is 21.7 Å². The van der Waals surface area contributed by atoms with Crippen LogP contribution in [0.4, 0.5) is 17.2 Å². The molecule has 0 saturated heterocycles. The molecule has 0 spiro atoms. The first-order chi connectivity index (χ1) is 19.2. The quantitative estimate of drug-likeness (QED) is 0.206. The van der Waals surface area contributed by atoms with E-state index in [9.17, 15) is 14.9 Å². The van der Waals surface area contributed by atoms with Gasteiger partial charge in [0.25, 0.3) is 5.91 Å². The predicted molar refractivity (Wildman–Crippen MR) is 159 cm³/mol. The molecular formula is C28H30N8O3S. The summed E-state index contributed by atoms with van der Waals surface area (Å²) < 4.78 is 5.63. The predicted octanol–water partition coefficient (Wildman–Crippen LogP) is 2.86. The van der Waals surface area contributed by atoms with Crippen molar-refractivity contribution in [3.05, 3.63) is 52.9 Å². The highest BCUT2D eigenvalue weighted by Gasteiger charge is 2.25. The fourth-order valence-electron chi connectivity index (χ4n) is 4.28. The van der Waals surface area contributed by atoms with Crippen molar-refractivity contribution in [2.24, 2.45) is 5.73 Å². The van der Waals surface area contributed by atoms with Crippen molar-refractivity contribution in [2.45, 2.75) is 0 Å². The van der Waals surface area contributed by atoms with Crippen LogP contribution in [0.15, 0.2) is 42.5 Å². The number of nitrogens with two attached hydrogens (primary N) is 3. The lowest BCUT2D eigenvalue weighted by molar-refractivity contribution is -0.114. The molecular weight excluding hydrogens is 528 g/mol. The number of likely N-dealkylation sites (N-methyl/N-ethyl adjacent to an activating group) is 1. The van der Waals surface area contributed by atoms with Gasteiger partial charge in [-0.2, -0.15) is 5.26 Å². The summed E-state index contributed by atoms with van der Waals surface area (Å²) in [6.45, 7) is 0.965. The summed E-state index contributed by atoms with van der Waals surface area (Å²) in [6, 6.07) is 14.8. The molecule has 0 radical (unpaired) electrons. The summed E-state index contributed by atoms with van der Waals surface area (Å²) in [6.07, 6.45) is 0. The van der Waals surface area contributed by atoms with E-state index in [0.717, 1.165) is 16.9 Å². The van der Waals surface area contributed by atoms with Gasteiger partial charge < -0.3 is 37.5 Å². The maximum atomic E-state index is 13.0. The molecule has 0 aliphatic carbocycles. The number of pyridine rings is 1. The maximum absolute atomic E-state index is 13.0. The van der Waals surface area contributed by atoms with Crippen molar-refractivity contribution in [1.82, 2.24) is 15.2 Å². The molecule has 0 fully saturated rings. The molecule has 2 heterocycles. The molecule has 4 rings (SSSR count). The number of hydrogen-bond donors (Lipinski definition) is 5. The molecule has 8 N–H and O–H groups in total. The highest BCUT2D eigenvalue weighted by Crippen LogP contribution is 2.44. The number of anilines is 3. The number of amides is 2. The first-order valence-electron chi connectivity index (χ1n) is 12.3. The highest BCUT2D eigenvalue weighted by molar-refractivity contribution is 7.21. The Morgan fingerprint density at radius 1 is 1.15 bits per heavy atom. The lowest BCUT2D eigenvalue weighted by Gasteiger charge is -2.15.